The first-order valence-electron chi connectivity index (χ1n) is 8.43. The van der Waals surface area contributed by atoms with Gasteiger partial charge in [-0.05, 0) is 42.5 Å². The van der Waals surface area contributed by atoms with Crippen LogP contribution >= 0.6 is 0 Å². The molecule has 0 amide bonds. The van der Waals surface area contributed by atoms with Crippen molar-refractivity contribution in [2.75, 3.05) is 11.5 Å². The topological polar surface area (TPSA) is 111 Å². The summed E-state index contributed by atoms with van der Waals surface area (Å²) in [5.41, 5.74) is 0.671. The van der Waals surface area contributed by atoms with Gasteiger partial charge in [0, 0.05) is 31.4 Å². The Kier molecular flexibility index (Phi) is 6.79. The van der Waals surface area contributed by atoms with Crippen LogP contribution in [0.15, 0.2) is 30.3 Å². The van der Waals surface area contributed by atoms with Crippen LogP contribution in [0.4, 0.5) is 5.69 Å². The van der Waals surface area contributed by atoms with Gasteiger partial charge in [-0.25, -0.2) is 8.42 Å². The molecule has 7 nitrogen and oxygen atoms in total. The number of nitro benzene ring substituents is 1. The summed E-state index contributed by atoms with van der Waals surface area (Å²) in [7, 11) is -2.97. The second kappa shape index (κ2) is 8.84. The second-order valence-electron chi connectivity index (χ2n) is 6.51. The quantitative estimate of drug-likeness (QED) is 0.370. The number of hydrogen-bond acceptors (Lipinski definition) is 6. The molecule has 2 rings (SSSR count). The molecule has 0 aliphatic carbocycles. The normalized spacial score (nSPS) is 18.8. The van der Waals surface area contributed by atoms with Crippen LogP contribution in [0.3, 0.4) is 0 Å². The van der Waals surface area contributed by atoms with Gasteiger partial charge in [-0.1, -0.05) is 6.08 Å². The summed E-state index contributed by atoms with van der Waals surface area (Å²) in [5.74, 6) is 0.0519. The minimum absolute atomic E-state index is 0.000696. The van der Waals surface area contributed by atoms with Crippen LogP contribution in [0, 0.1) is 16.0 Å². The molecule has 0 aromatic heterocycles. The van der Waals surface area contributed by atoms with Crippen molar-refractivity contribution in [2.24, 2.45) is 5.92 Å². The summed E-state index contributed by atoms with van der Waals surface area (Å²) in [6, 6.07) is 5.85. The Morgan fingerprint density at radius 2 is 1.88 bits per heavy atom. The van der Waals surface area contributed by atoms with Gasteiger partial charge in [0.15, 0.2) is 15.6 Å². The SMILES string of the molecule is O=C(/C=C/c1ccc([N+](=O)[O-])cc1)CCCC(=O)CC1CCS(=O)(=O)C1. The van der Waals surface area contributed by atoms with Gasteiger partial charge < -0.3 is 0 Å². The molecule has 1 aliphatic heterocycles. The van der Waals surface area contributed by atoms with Crippen molar-refractivity contribution in [2.45, 2.75) is 32.1 Å². The third kappa shape index (κ3) is 6.51. The molecule has 1 saturated heterocycles. The molecule has 1 unspecified atom stereocenters. The summed E-state index contributed by atoms with van der Waals surface area (Å²) in [6.45, 7) is 0. The lowest BCUT2D eigenvalue weighted by atomic mass is 9.99. The molecule has 1 fully saturated rings. The van der Waals surface area contributed by atoms with Crippen LogP contribution in [-0.2, 0) is 19.4 Å². The number of rotatable bonds is 9. The average Bonchev–Trinajstić information content (AvgIpc) is 2.91. The first kappa shape index (κ1) is 20.0. The van der Waals surface area contributed by atoms with E-state index in [1.54, 1.807) is 18.2 Å². The lowest BCUT2D eigenvalue weighted by Gasteiger charge is -2.05. The average molecular weight is 379 g/mol. The number of nitrogens with zero attached hydrogens (tertiary/aromatic N) is 1. The van der Waals surface area contributed by atoms with Crippen molar-refractivity contribution in [3.8, 4) is 0 Å². The van der Waals surface area contributed by atoms with Gasteiger partial charge >= 0.3 is 0 Å². The molecule has 0 radical (unpaired) electrons. The number of allylic oxidation sites excluding steroid dienone is 1. The molecule has 0 spiro atoms. The number of ketones is 2. The maximum absolute atomic E-state index is 11.9. The highest BCUT2D eigenvalue weighted by Crippen LogP contribution is 2.22. The highest BCUT2D eigenvalue weighted by atomic mass is 32.2. The fraction of sp³-hybridized carbons (Fsp3) is 0.444. The van der Waals surface area contributed by atoms with Crippen molar-refractivity contribution >= 4 is 33.2 Å². The van der Waals surface area contributed by atoms with Crippen LogP contribution < -0.4 is 0 Å². The van der Waals surface area contributed by atoms with Crippen molar-refractivity contribution in [1.29, 1.82) is 0 Å². The zero-order valence-corrected chi connectivity index (χ0v) is 15.1. The lowest BCUT2D eigenvalue weighted by molar-refractivity contribution is -0.384. The summed E-state index contributed by atoms with van der Waals surface area (Å²) in [6.07, 6.45) is 4.73. The fourth-order valence-electron chi connectivity index (χ4n) is 2.90. The van der Waals surface area contributed by atoms with E-state index in [0.717, 1.165) is 0 Å². The van der Waals surface area contributed by atoms with E-state index in [0.29, 0.717) is 18.4 Å². The van der Waals surface area contributed by atoms with E-state index in [1.807, 2.05) is 0 Å². The molecule has 1 aromatic carbocycles. The number of carbonyl (C=O) groups excluding carboxylic acids is 2. The fourth-order valence-corrected chi connectivity index (χ4v) is 4.76. The van der Waals surface area contributed by atoms with Crippen LogP contribution in [-0.4, -0.2) is 36.4 Å². The first-order chi connectivity index (χ1) is 12.2. The van der Waals surface area contributed by atoms with Gasteiger partial charge in [-0.3, -0.25) is 19.7 Å². The number of Topliss-reactive ketones (excluding diaryl/α,β-unsaturated/α-hetero) is 1. The number of nitro groups is 1. The molecule has 0 saturated carbocycles. The molecule has 8 heteroatoms. The van der Waals surface area contributed by atoms with Crippen molar-refractivity contribution in [3.05, 3.63) is 46.0 Å². The van der Waals surface area contributed by atoms with Crippen molar-refractivity contribution in [3.63, 3.8) is 0 Å². The molecule has 140 valence electrons. The first-order valence-corrected chi connectivity index (χ1v) is 10.2. The van der Waals surface area contributed by atoms with Crippen LogP contribution in [0.25, 0.3) is 6.08 Å². The molecule has 0 N–H and O–H groups in total. The molecule has 1 aromatic rings. The smallest absolute Gasteiger partial charge is 0.269 e. The monoisotopic (exact) mass is 379 g/mol. The Morgan fingerprint density at radius 1 is 1.19 bits per heavy atom. The zero-order valence-electron chi connectivity index (χ0n) is 14.3. The minimum atomic E-state index is -2.97. The van der Waals surface area contributed by atoms with E-state index in [2.05, 4.69) is 0 Å². The largest absolute Gasteiger partial charge is 0.300 e. The highest BCUT2D eigenvalue weighted by Gasteiger charge is 2.29. The molecule has 0 bridgehead atoms. The van der Waals surface area contributed by atoms with E-state index < -0.39 is 14.8 Å². The lowest BCUT2D eigenvalue weighted by Crippen LogP contribution is -2.10. The van der Waals surface area contributed by atoms with Gasteiger partial charge in [0.2, 0.25) is 0 Å². The number of sulfone groups is 1. The molecule has 26 heavy (non-hydrogen) atoms. The van der Waals surface area contributed by atoms with Crippen LogP contribution in [0.2, 0.25) is 0 Å². The molecular formula is C18H21NO6S. The maximum atomic E-state index is 11.9. The van der Waals surface area contributed by atoms with Crippen LogP contribution in [0.1, 0.15) is 37.7 Å². The third-order valence-corrected chi connectivity index (χ3v) is 6.12. The molecule has 1 aliphatic rings. The molecule has 1 atom stereocenters. The van der Waals surface area contributed by atoms with E-state index in [4.69, 9.17) is 0 Å². The van der Waals surface area contributed by atoms with E-state index in [-0.39, 0.29) is 53.9 Å². The Bertz CT molecular complexity index is 811. The zero-order chi connectivity index (χ0) is 19.2. The van der Waals surface area contributed by atoms with Crippen molar-refractivity contribution < 1.29 is 22.9 Å². The number of hydrogen-bond donors (Lipinski definition) is 0. The maximum Gasteiger partial charge on any atom is 0.269 e. The summed E-state index contributed by atoms with van der Waals surface area (Å²) >= 11 is 0. The standard InChI is InChI=1S/C18H21NO6S/c20-17(9-6-14-4-7-16(8-5-14)19(22)23)2-1-3-18(21)12-15-10-11-26(24,25)13-15/h4-9,15H,1-3,10-13H2/b9-6+. The summed E-state index contributed by atoms with van der Waals surface area (Å²) in [4.78, 5) is 33.8. The third-order valence-electron chi connectivity index (χ3n) is 4.29. The second-order valence-corrected chi connectivity index (χ2v) is 8.74. The highest BCUT2D eigenvalue weighted by molar-refractivity contribution is 7.91. The van der Waals surface area contributed by atoms with E-state index in [1.165, 1.54) is 18.2 Å². The number of carbonyl (C=O) groups is 2. The predicted molar refractivity (Wildman–Crippen MR) is 97.4 cm³/mol. The Balaban J connectivity index is 1.69. The number of benzene rings is 1. The van der Waals surface area contributed by atoms with E-state index >= 15 is 0 Å². The summed E-state index contributed by atoms with van der Waals surface area (Å²) in [5, 5.41) is 10.6. The molecule has 1 heterocycles. The van der Waals surface area contributed by atoms with Crippen molar-refractivity contribution in [1.82, 2.24) is 0 Å². The van der Waals surface area contributed by atoms with Gasteiger partial charge in [0.25, 0.3) is 5.69 Å². The van der Waals surface area contributed by atoms with Gasteiger partial charge in [0.1, 0.15) is 5.78 Å². The minimum Gasteiger partial charge on any atom is -0.300 e. The van der Waals surface area contributed by atoms with Gasteiger partial charge in [-0.2, -0.15) is 0 Å². The Hall–Kier alpha value is -2.35. The summed E-state index contributed by atoms with van der Waals surface area (Å²) < 4.78 is 22.7. The van der Waals surface area contributed by atoms with Gasteiger partial charge in [-0.15, -0.1) is 0 Å². The van der Waals surface area contributed by atoms with Crippen LogP contribution in [0.5, 0.6) is 0 Å². The number of non-ortho nitro benzene ring substituents is 1. The predicted octanol–water partition coefficient (Wildman–Crippen LogP) is 2.74. The Morgan fingerprint density at radius 3 is 2.46 bits per heavy atom. The van der Waals surface area contributed by atoms with Gasteiger partial charge in [0.05, 0.1) is 16.4 Å². The Labute approximate surface area is 152 Å². The van der Waals surface area contributed by atoms with E-state index in [9.17, 15) is 28.1 Å². The molecular weight excluding hydrogens is 358 g/mol.